The van der Waals surface area contributed by atoms with Crippen LogP contribution in [0.3, 0.4) is 0 Å². The van der Waals surface area contributed by atoms with E-state index in [2.05, 4.69) is 9.71 Å². The van der Waals surface area contributed by atoms with Crippen LogP contribution in [0, 0.1) is 6.92 Å². The summed E-state index contributed by atoms with van der Waals surface area (Å²) >= 11 is 1.02. The van der Waals surface area contributed by atoms with E-state index in [0.29, 0.717) is 0 Å². The van der Waals surface area contributed by atoms with E-state index in [0.717, 1.165) is 23.1 Å². The number of aromatic hydroxyl groups is 5. The molecule has 1 unspecified atom stereocenters. The number of H-pyrrole nitrogens is 1. The molecule has 0 amide bonds. The van der Waals surface area contributed by atoms with E-state index in [1.807, 2.05) is 0 Å². The maximum absolute atomic E-state index is 12.6. The summed E-state index contributed by atoms with van der Waals surface area (Å²) in [6, 6.07) is 1.70. The Kier molecular flexibility index (Phi) is 5.11. The van der Waals surface area contributed by atoms with E-state index < -0.39 is 57.1 Å². The second kappa shape index (κ2) is 7.13. The van der Waals surface area contributed by atoms with Gasteiger partial charge in [-0.05, 0) is 26.0 Å². The SMILES string of the molecule is CC(=O)C(Cc1c(O)[nH]c2c(O)c(O)c(O)c(O)c12)NS(=O)(=O)c1ccc(C)s1. The molecule has 1 atom stereocenters. The number of hydrogen-bond donors (Lipinski definition) is 7. The summed E-state index contributed by atoms with van der Waals surface area (Å²) in [6.45, 7) is 2.88. The van der Waals surface area contributed by atoms with Crippen molar-refractivity contribution in [2.45, 2.75) is 30.5 Å². The lowest BCUT2D eigenvalue weighted by atomic mass is 10.0. The number of carbonyl (C=O) groups is 1. The lowest BCUT2D eigenvalue weighted by molar-refractivity contribution is -0.118. The van der Waals surface area contributed by atoms with E-state index in [1.165, 1.54) is 6.07 Å². The van der Waals surface area contributed by atoms with Gasteiger partial charge in [0.2, 0.25) is 11.5 Å². The van der Waals surface area contributed by atoms with E-state index in [-0.39, 0.29) is 20.7 Å². The first-order chi connectivity index (χ1) is 13.4. The number of benzene rings is 1. The van der Waals surface area contributed by atoms with Crippen LogP contribution in [-0.4, -0.2) is 50.8 Å². The first kappa shape index (κ1) is 20.8. The van der Waals surface area contributed by atoms with Gasteiger partial charge in [0.05, 0.1) is 16.9 Å². The number of carbonyl (C=O) groups excluding carboxylic acids is 1. The fraction of sp³-hybridized carbons (Fsp3) is 0.235. The first-order valence-corrected chi connectivity index (χ1v) is 10.5. The van der Waals surface area contributed by atoms with Crippen LogP contribution < -0.4 is 4.72 Å². The normalized spacial score (nSPS) is 13.0. The fourth-order valence-electron chi connectivity index (χ4n) is 2.90. The number of fused-ring (bicyclic) bond motifs is 1. The van der Waals surface area contributed by atoms with Gasteiger partial charge in [0.25, 0.3) is 10.0 Å². The molecule has 12 heteroatoms. The maximum Gasteiger partial charge on any atom is 0.250 e. The summed E-state index contributed by atoms with van der Waals surface area (Å²) in [5.41, 5.74) is -0.419. The second-order valence-electron chi connectivity index (χ2n) is 6.45. The van der Waals surface area contributed by atoms with E-state index in [4.69, 9.17) is 0 Å². The standard InChI is InChI=1S/C17H18N2O8S2/c1-6-3-4-10(28-6)29(26,27)19-9(7(2)20)5-8-11-12(18-17(8)25)14(22)16(24)15(23)13(11)21/h3-4,9,18-19,21-25H,5H2,1-2H3. The number of aromatic nitrogens is 1. The van der Waals surface area contributed by atoms with Crippen molar-refractivity contribution < 1.29 is 38.7 Å². The van der Waals surface area contributed by atoms with Crippen molar-refractivity contribution in [3.05, 3.63) is 22.6 Å². The molecule has 29 heavy (non-hydrogen) atoms. The molecular formula is C17H18N2O8S2. The minimum atomic E-state index is -4.03. The molecule has 0 aliphatic rings. The number of phenolic OH excluding ortho intramolecular Hbond substituents is 4. The topological polar surface area (TPSA) is 180 Å². The van der Waals surface area contributed by atoms with Crippen LogP contribution in [0.25, 0.3) is 10.9 Å². The second-order valence-corrected chi connectivity index (χ2v) is 9.68. The van der Waals surface area contributed by atoms with Crippen LogP contribution in [0.2, 0.25) is 0 Å². The summed E-state index contributed by atoms with van der Waals surface area (Å²) in [7, 11) is -4.03. The number of aromatic amines is 1. The van der Waals surface area contributed by atoms with Gasteiger partial charge in [-0.25, -0.2) is 8.42 Å². The van der Waals surface area contributed by atoms with E-state index >= 15 is 0 Å². The third-order valence-corrected chi connectivity index (χ3v) is 7.37. The van der Waals surface area contributed by atoms with Gasteiger partial charge < -0.3 is 30.5 Å². The molecule has 0 aliphatic carbocycles. The first-order valence-electron chi connectivity index (χ1n) is 8.22. The van der Waals surface area contributed by atoms with Gasteiger partial charge >= 0.3 is 0 Å². The van der Waals surface area contributed by atoms with Gasteiger partial charge in [0.1, 0.15) is 9.99 Å². The molecule has 156 valence electrons. The Morgan fingerprint density at radius 1 is 1.10 bits per heavy atom. The average Bonchev–Trinajstić information content (AvgIpc) is 3.22. The molecule has 10 nitrogen and oxygen atoms in total. The number of nitrogens with one attached hydrogen (secondary N) is 2. The fourth-order valence-corrected chi connectivity index (χ4v) is 5.45. The largest absolute Gasteiger partial charge is 0.504 e. The highest BCUT2D eigenvalue weighted by Gasteiger charge is 2.30. The number of hydrogen-bond acceptors (Lipinski definition) is 9. The molecule has 2 aromatic heterocycles. The van der Waals surface area contributed by atoms with Crippen molar-refractivity contribution in [1.82, 2.24) is 9.71 Å². The quantitative estimate of drug-likeness (QED) is 0.222. The predicted molar refractivity (Wildman–Crippen MR) is 104 cm³/mol. The number of phenols is 4. The predicted octanol–water partition coefficient (Wildman–Crippen LogP) is 1.54. The summed E-state index contributed by atoms with van der Waals surface area (Å²) < 4.78 is 27.4. The van der Waals surface area contributed by atoms with Crippen LogP contribution in [0.15, 0.2) is 16.3 Å². The van der Waals surface area contributed by atoms with Crippen LogP contribution >= 0.6 is 11.3 Å². The third-order valence-electron chi connectivity index (χ3n) is 4.40. The third kappa shape index (κ3) is 3.57. The molecule has 0 bridgehead atoms. The van der Waals surface area contributed by atoms with Crippen molar-refractivity contribution in [2.75, 3.05) is 0 Å². The molecular weight excluding hydrogens is 424 g/mol. The summed E-state index contributed by atoms with van der Waals surface area (Å²) in [4.78, 5) is 15.2. The van der Waals surface area contributed by atoms with Crippen molar-refractivity contribution in [3.63, 3.8) is 0 Å². The number of thiophene rings is 1. The molecule has 7 N–H and O–H groups in total. The molecule has 1 aromatic carbocycles. The number of ketones is 1. The number of aryl methyl sites for hydroxylation is 1. The molecule has 0 saturated heterocycles. The van der Waals surface area contributed by atoms with Crippen molar-refractivity contribution in [2.24, 2.45) is 0 Å². The highest BCUT2D eigenvalue weighted by molar-refractivity contribution is 7.91. The van der Waals surface area contributed by atoms with Crippen molar-refractivity contribution in [1.29, 1.82) is 0 Å². The van der Waals surface area contributed by atoms with Crippen molar-refractivity contribution in [3.8, 4) is 28.9 Å². The molecule has 3 rings (SSSR count). The van der Waals surface area contributed by atoms with E-state index in [1.54, 1.807) is 13.0 Å². The zero-order chi connectivity index (χ0) is 21.7. The van der Waals surface area contributed by atoms with Crippen LogP contribution in [-0.2, 0) is 21.2 Å². The average molecular weight is 442 g/mol. The van der Waals surface area contributed by atoms with Crippen LogP contribution in [0.1, 0.15) is 17.4 Å². The monoisotopic (exact) mass is 442 g/mol. The number of sulfonamides is 1. The lowest BCUT2D eigenvalue weighted by Gasteiger charge is -2.16. The highest BCUT2D eigenvalue weighted by Crippen LogP contribution is 2.51. The molecule has 0 saturated carbocycles. The number of rotatable bonds is 6. The van der Waals surface area contributed by atoms with Crippen LogP contribution in [0.4, 0.5) is 0 Å². The highest BCUT2D eigenvalue weighted by atomic mass is 32.2. The molecule has 0 aliphatic heterocycles. The van der Waals surface area contributed by atoms with Crippen molar-refractivity contribution >= 4 is 38.0 Å². The molecule has 3 aromatic rings. The molecule has 2 heterocycles. The molecule has 0 radical (unpaired) electrons. The maximum atomic E-state index is 12.6. The molecule has 0 fully saturated rings. The zero-order valence-electron chi connectivity index (χ0n) is 15.2. The van der Waals surface area contributed by atoms with Gasteiger partial charge in [-0.2, -0.15) is 4.72 Å². The lowest BCUT2D eigenvalue weighted by Crippen LogP contribution is -2.41. The Balaban J connectivity index is 2.05. The summed E-state index contributed by atoms with van der Waals surface area (Å²) in [6.07, 6.45) is -0.401. The van der Waals surface area contributed by atoms with Gasteiger partial charge in [0, 0.05) is 16.9 Å². The number of Topliss-reactive ketones (excluding diaryl/α,β-unsaturated/α-hetero) is 1. The molecule has 0 spiro atoms. The Morgan fingerprint density at radius 2 is 1.72 bits per heavy atom. The Bertz CT molecular complexity index is 1230. The zero-order valence-corrected chi connectivity index (χ0v) is 16.8. The van der Waals surface area contributed by atoms with E-state index in [9.17, 15) is 38.7 Å². The Morgan fingerprint density at radius 3 is 2.28 bits per heavy atom. The summed E-state index contributed by atoms with van der Waals surface area (Å²) in [5.74, 6) is -4.84. The smallest absolute Gasteiger partial charge is 0.250 e. The van der Waals surface area contributed by atoms with Gasteiger partial charge in [0.15, 0.2) is 17.4 Å². The van der Waals surface area contributed by atoms with Crippen LogP contribution in [0.5, 0.6) is 28.9 Å². The van der Waals surface area contributed by atoms with Gasteiger partial charge in [-0.15, -0.1) is 11.3 Å². The minimum Gasteiger partial charge on any atom is -0.504 e. The van der Waals surface area contributed by atoms with Gasteiger partial charge in [-0.1, -0.05) is 0 Å². The summed E-state index contributed by atoms with van der Waals surface area (Å²) in [5, 5.41) is 49.4. The Hall–Kier alpha value is -2.96. The Labute approximate surface area is 168 Å². The van der Waals surface area contributed by atoms with Gasteiger partial charge in [-0.3, -0.25) is 4.79 Å². The minimum absolute atomic E-state index is 0.00690.